The number of nitrogens with one attached hydrogen (secondary N) is 1. The summed E-state index contributed by atoms with van der Waals surface area (Å²) in [4.78, 5) is 14.2. The third-order valence-electron chi connectivity index (χ3n) is 4.07. The van der Waals surface area contributed by atoms with Gasteiger partial charge in [-0.15, -0.1) is 0 Å². The highest BCUT2D eigenvalue weighted by molar-refractivity contribution is 6.30. The molecule has 1 fully saturated rings. The Bertz CT molecular complexity index is 471. The largest absolute Gasteiger partial charge is 0.354 e. The van der Waals surface area contributed by atoms with Gasteiger partial charge in [0.1, 0.15) is 0 Å². The molecule has 1 saturated carbocycles. The van der Waals surface area contributed by atoms with Gasteiger partial charge in [0.2, 0.25) is 5.91 Å². The van der Waals surface area contributed by atoms with E-state index in [0.717, 1.165) is 10.6 Å². The number of amides is 1. The summed E-state index contributed by atoms with van der Waals surface area (Å²) in [6.45, 7) is 2.64. The SMILES string of the molecule is CC(C(=O)NCC(c1cccc(Cl)c1)N(C)C)C1CC1. The predicted molar refractivity (Wildman–Crippen MR) is 82.8 cm³/mol. The fourth-order valence-corrected chi connectivity index (χ4v) is 2.68. The van der Waals surface area contributed by atoms with Crippen LogP contribution in [0.2, 0.25) is 5.02 Å². The van der Waals surface area contributed by atoms with Gasteiger partial charge in [0, 0.05) is 17.5 Å². The van der Waals surface area contributed by atoms with E-state index in [4.69, 9.17) is 11.6 Å². The summed E-state index contributed by atoms with van der Waals surface area (Å²) >= 11 is 6.05. The van der Waals surface area contributed by atoms with Crippen LogP contribution in [0.5, 0.6) is 0 Å². The van der Waals surface area contributed by atoms with Crippen molar-refractivity contribution in [2.24, 2.45) is 11.8 Å². The molecule has 1 aliphatic rings. The Kier molecular flexibility index (Phi) is 5.06. The third kappa shape index (κ3) is 3.97. The molecule has 0 saturated heterocycles. The summed E-state index contributed by atoms with van der Waals surface area (Å²) in [5.74, 6) is 0.900. The van der Waals surface area contributed by atoms with Crippen LogP contribution in [0, 0.1) is 11.8 Å². The molecular weight excluding hydrogens is 272 g/mol. The average molecular weight is 295 g/mol. The molecule has 0 aliphatic heterocycles. The molecule has 0 heterocycles. The van der Waals surface area contributed by atoms with Crippen LogP contribution in [0.4, 0.5) is 0 Å². The lowest BCUT2D eigenvalue weighted by Gasteiger charge is -2.26. The molecule has 2 rings (SSSR count). The number of rotatable bonds is 6. The number of hydrogen-bond acceptors (Lipinski definition) is 2. The van der Waals surface area contributed by atoms with Gasteiger partial charge in [-0.2, -0.15) is 0 Å². The van der Waals surface area contributed by atoms with Crippen LogP contribution in [0.3, 0.4) is 0 Å². The zero-order valence-electron chi connectivity index (χ0n) is 12.4. The van der Waals surface area contributed by atoms with Crippen molar-refractivity contribution < 1.29 is 4.79 Å². The number of carbonyl (C=O) groups excluding carboxylic acids is 1. The van der Waals surface area contributed by atoms with E-state index in [9.17, 15) is 4.79 Å². The summed E-state index contributed by atoms with van der Waals surface area (Å²) in [5, 5.41) is 3.81. The molecule has 1 aromatic rings. The minimum absolute atomic E-state index is 0.136. The molecule has 0 radical (unpaired) electrons. The average Bonchev–Trinajstić information content (AvgIpc) is 3.21. The second-order valence-electron chi connectivity index (χ2n) is 5.91. The molecule has 2 unspecified atom stereocenters. The minimum Gasteiger partial charge on any atom is -0.354 e. The third-order valence-corrected chi connectivity index (χ3v) is 4.30. The number of benzene rings is 1. The van der Waals surface area contributed by atoms with Crippen LogP contribution in [0.15, 0.2) is 24.3 Å². The molecule has 1 aliphatic carbocycles. The Hall–Kier alpha value is -1.06. The number of hydrogen-bond donors (Lipinski definition) is 1. The first-order chi connectivity index (χ1) is 9.49. The standard InChI is InChI=1S/C16H23ClN2O/c1-11(12-7-8-12)16(20)18-10-15(19(2)3)13-5-4-6-14(17)9-13/h4-6,9,11-12,15H,7-8,10H2,1-3H3,(H,18,20). The first kappa shape index (κ1) is 15.3. The van der Waals surface area contributed by atoms with Crippen LogP contribution >= 0.6 is 11.6 Å². The number of nitrogens with zero attached hydrogens (tertiary/aromatic N) is 1. The zero-order chi connectivity index (χ0) is 14.7. The summed E-state index contributed by atoms with van der Waals surface area (Å²) < 4.78 is 0. The quantitative estimate of drug-likeness (QED) is 0.874. The molecule has 0 bridgehead atoms. The number of carbonyl (C=O) groups is 1. The molecule has 3 nitrogen and oxygen atoms in total. The van der Waals surface area contributed by atoms with E-state index in [0.29, 0.717) is 12.5 Å². The van der Waals surface area contributed by atoms with Gasteiger partial charge in [-0.3, -0.25) is 4.79 Å². The fraction of sp³-hybridized carbons (Fsp3) is 0.562. The Labute approximate surface area is 126 Å². The number of halogens is 1. The van der Waals surface area contributed by atoms with E-state index in [1.54, 1.807) is 0 Å². The monoisotopic (exact) mass is 294 g/mol. The lowest BCUT2D eigenvalue weighted by Crippen LogP contribution is -2.37. The molecule has 1 aromatic carbocycles. The van der Waals surface area contributed by atoms with Gasteiger partial charge in [-0.1, -0.05) is 30.7 Å². The highest BCUT2D eigenvalue weighted by Gasteiger charge is 2.32. The second-order valence-corrected chi connectivity index (χ2v) is 6.34. The van der Waals surface area contributed by atoms with E-state index in [2.05, 4.69) is 10.2 Å². The fourth-order valence-electron chi connectivity index (χ4n) is 2.48. The first-order valence-electron chi connectivity index (χ1n) is 7.18. The lowest BCUT2D eigenvalue weighted by atomic mass is 10.0. The normalized spacial score (nSPS) is 17.9. The van der Waals surface area contributed by atoms with E-state index in [1.807, 2.05) is 45.3 Å². The molecule has 2 atom stereocenters. The Morgan fingerprint density at radius 1 is 1.45 bits per heavy atom. The first-order valence-corrected chi connectivity index (χ1v) is 7.56. The summed E-state index contributed by atoms with van der Waals surface area (Å²) in [7, 11) is 4.03. The van der Waals surface area contributed by atoms with Gasteiger partial charge in [-0.25, -0.2) is 0 Å². The molecule has 4 heteroatoms. The van der Waals surface area contributed by atoms with Crippen molar-refractivity contribution in [1.82, 2.24) is 10.2 Å². The van der Waals surface area contributed by atoms with Gasteiger partial charge >= 0.3 is 0 Å². The molecule has 0 aromatic heterocycles. The second kappa shape index (κ2) is 6.59. The van der Waals surface area contributed by atoms with Crippen molar-refractivity contribution in [2.45, 2.75) is 25.8 Å². The maximum Gasteiger partial charge on any atom is 0.223 e. The van der Waals surface area contributed by atoms with E-state index < -0.39 is 0 Å². The van der Waals surface area contributed by atoms with Crippen molar-refractivity contribution in [3.05, 3.63) is 34.9 Å². The predicted octanol–water partition coefficient (Wildman–Crippen LogP) is 3.11. The molecule has 110 valence electrons. The highest BCUT2D eigenvalue weighted by atomic mass is 35.5. The van der Waals surface area contributed by atoms with Crippen LogP contribution in [-0.4, -0.2) is 31.4 Å². The molecule has 1 amide bonds. The lowest BCUT2D eigenvalue weighted by molar-refractivity contribution is -0.125. The summed E-state index contributed by atoms with van der Waals surface area (Å²) in [6.07, 6.45) is 2.39. The van der Waals surface area contributed by atoms with Gasteiger partial charge in [0.25, 0.3) is 0 Å². The van der Waals surface area contributed by atoms with Crippen molar-refractivity contribution in [3.63, 3.8) is 0 Å². The zero-order valence-corrected chi connectivity index (χ0v) is 13.2. The summed E-state index contributed by atoms with van der Waals surface area (Å²) in [5.41, 5.74) is 1.13. The summed E-state index contributed by atoms with van der Waals surface area (Å²) in [6, 6.07) is 7.97. The van der Waals surface area contributed by atoms with Gasteiger partial charge < -0.3 is 10.2 Å². The molecule has 20 heavy (non-hydrogen) atoms. The Morgan fingerprint density at radius 3 is 2.70 bits per heavy atom. The highest BCUT2D eigenvalue weighted by Crippen LogP contribution is 2.36. The Balaban J connectivity index is 1.97. The molecule has 0 spiro atoms. The van der Waals surface area contributed by atoms with Gasteiger partial charge in [0.05, 0.1) is 6.04 Å². The van der Waals surface area contributed by atoms with E-state index in [-0.39, 0.29) is 17.9 Å². The topological polar surface area (TPSA) is 32.3 Å². The van der Waals surface area contributed by atoms with Crippen LogP contribution in [0.1, 0.15) is 31.4 Å². The van der Waals surface area contributed by atoms with Gasteiger partial charge in [-0.05, 0) is 50.6 Å². The Morgan fingerprint density at radius 2 is 2.15 bits per heavy atom. The van der Waals surface area contributed by atoms with Crippen LogP contribution < -0.4 is 5.32 Å². The minimum atomic E-state index is 0.136. The maximum atomic E-state index is 12.1. The van der Waals surface area contributed by atoms with Crippen LogP contribution in [-0.2, 0) is 4.79 Å². The maximum absolute atomic E-state index is 12.1. The van der Waals surface area contributed by atoms with Crippen molar-refractivity contribution in [3.8, 4) is 0 Å². The van der Waals surface area contributed by atoms with E-state index in [1.165, 1.54) is 12.8 Å². The van der Waals surface area contributed by atoms with Crippen molar-refractivity contribution >= 4 is 17.5 Å². The smallest absolute Gasteiger partial charge is 0.223 e. The van der Waals surface area contributed by atoms with E-state index >= 15 is 0 Å². The van der Waals surface area contributed by atoms with Gasteiger partial charge in [0.15, 0.2) is 0 Å². The molecular formula is C16H23ClN2O. The van der Waals surface area contributed by atoms with Crippen molar-refractivity contribution in [1.29, 1.82) is 0 Å². The van der Waals surface area contributed by atoms with Crippen molar-refractivity contribution in [2.75, 3.05) is 20.6 Å². The number of likely N-dealkylation sites (N-methyl/N-ethyl adjacent to an activating group) is 1. The molecule has 1 N–H and O–H groups in total. The van der Waals surface area contributed by atoms with Crippen LogP contribution in [0.25, 0.3) is 0 Å².